The van der Waals surface area contributed by atoms with Crippen molar-refractivity contribution in [3.63, 3.8) is 0 Å². The maximum Gasteiger partial charge on any atom is 0.283 e. The first kappa shape index (κ1) is 17.2. The largest absolute Gasteiger partial charge is 0.382 e. The van der Waals surface area contributed by atoms with E-state index in [-0.39, 0.29) is 5.56 Å². The van der Waals surface area contributed by atoms with Crippen LogP contribution in [0, 0.1) is 11.8 Å². The molecule has 0 spiro atoms. The van der Waals surface area contributed by atoms with Gasteiger partial charge in [-0.05, 0) is 41.9 Å². The fourth-order valence-corrected chi connectivity index (χ4v) is 2.00. The summed E-state index contributed by atoms with van der Waals surface area (Å²) in [6.45, 7) is 8.79. The zero-order valence-electron chi connectivity index (χ0n) is 13.0. The molecule has 20 heavy (non-hydrogen) atoms. The minimum Gasteiger partial charge on any atom is -0.382 e. The molecular weight excluding hydrogens is 320 g/mol. The molecule has 0 aliphatic carbocycles. The molecule has 1 aromatic rings. The number of rotatable bonds is 7. The fraction of sp³-hybridized carbons (Fsp3) is 0.714. The molecular formula is C14H25BrN4O. The molecule has 0 bridgehead atoms. The van der Waals surface area contributed by atoms with E-state index in [1.165, 1.54) is 4.68 Å². The van der Waals surface area contributed by atoms with Gasteiger partial charge in [0.15, 0.2) is 0 Å². The number of hydrogen-bond acceptors (Lipinski definition) is 4. The van der Waals surface area contributed by atoms with E-state index in [0.29, 0.717) is 22.9 Å². The molecule has 114 valence electrons. The minimum absolute atomic E-state index is 0.0888. The van der Waals surface area contributed by atoms with Crippen LogP contribution in [0.15, 0.2) is 15.5 Å². The number of nitrogens with zero attached hydrogens (tertiary/aromatic N) is 3. The molecule has 0 saturated heterocycles. The lowest BCUT2D eigenvalue weighted by atomic mass is 9.98. The van der Waals surface area contributed by atoms with E-state index in [2.05, 4.69) is 47.1 Å². The molecule has 0 amide bonds. The Morgan fingerprint density at radius 2 is 2.05 bits per heavy atom. The molecule has 0 radical (unpaired) electrons. The molecule has 5 nitrogen and oxygen atoms in total. The van der Waals surface area contributed by atoms with Gasteiger partial charge in [0, 0.05) is 13.1 Å². The van der Waals surface area contributed by atoms with Crippen molar-refractivity contribution in [2.24, 2.45) is 11.8 Å². The quantitative estimate of drug-likeness (QED) is 0.824. The lowest BCUT2D eigenvalue weighted by Gasteiger charge is -2.18. The first-order valence-corrected chi connectivity index (χ1v) is 7.76. The molecule has 6 heteroatoms. The van der Waals surface area contributed by atoms with E-state index in [4.69, 9.17) is 0 Å². The number of anilines is 1. The molecule has 0 aliphatic rings. The molecule has 1 N–H and O–H groups in total. The number of aromatic nitrogens is 2. The maximum absolute atomic E-state index is 12.2. The van der Waals surface area contributed by atoms with Crippen molar-refractivity contribution in [1.82, 2.24) is 14.7 Å². The zero-order valence-corrected chi connectivity index (χ0v) is 14.6. The summed E-state index contributed by atoms with van der Waals surface area (Å²) in [5, 5.41) is 7.51. The van der Waals surface area contributed by atoms with Crippen LogP contribution in [-0.4, -0.2) is 41.9 Å². The average molecular weight is 345 g/mol. The smallest absolute Gasteiger partial charge is 0.283 e. The predicted octanol–water partition coefficient (Wildman–Crippen LogP) is 2.27. The highest BCUT2D eigenvalue weighted by Gasteiger charge is 2.11. The van der Waals surface area contributed by atoms with Gasteiger partial charge in [-0.2, -0.15) is 5.10 Å². The summed E-state index contributed by atoms with van der Waals surface area (Å²) in [6, 6.07) is 0. The summed E-state index contributed by atoms with van der Waals surface area (Å²) in [5.41, 5.74) is 0.678. The summed E-state index contributed by atoms with van der Waals surface area (Å²) < 4.78 is 2.04. The Balaban J connectivity index is 2.76. The van der Waals surface area contributed by atoms with E-state index in [1.54, 1.807) is 6.20 Å². The van der Waals surface area contributed by atoms with E-state index in [9.17, 15) is 4.79 Å². The molecule has 1 aromatic heterocycles. The summed E-state index contributed by atoms with van der Waals surface area (Å²) in [6.07, 6.45) is 1.72. The lowest BCUT2D eigenvalue weighted by molar-refractivity contribution is 0.367. The van der Waals surface area contributed by atoms with Crippen LogP contribution in [0.25, 0.3) is 0 Å². The van der Waals surface area contributed by atoms with Crippen molar-refractivity contribution in [3.05, 3.63) is 21.0 Å². The molecule has 0 saturated carbocycles. The summed E-state index contributed by atoms with van der Waals surface area (Å²) in [5.74, 6) is 1.15. The van der Waals surface area contributed by atoms with Gasteiger partial charge < -0.3 is 10.2 Å². The van der Waals surface area contributed by atoms with Crippen molar-refractivity contribution in [2.45, 2.75) is 27.3 Å². The molecule has 1 atom stereocenters. The Morgan fingerprint density at radius 1 is 1.40 bits per heavy atom. The highest BCUT2D eigenvalue weighted by molar-refractivity contribution is 9.10. The van der Waals surface area contributed by atoms with Crippen molar-refractivity contribution < 1.29 is 0 Å². The van der Waals surface area contributed by atoms with Crippen LogP contribution in [0.2, 0.25) is 0 Å². The van der Waals surface area contributed by atoms with Gasteiger partial charge in [-0.3, -0.25) is 4.79 Å². The van der Waals surface area contributed by atoms with Gasteiger partial charge in [0.05, 0.1) is 18.4 Å². The Kier molecular flexibility index (Phi) is 6.68. The van der Waals surface area contributed by atoms with Crippen LogP contribution in [0.5, 0.6) is 0 Å². The van der Waals surface area contributed by atoms with Gasteiger partial charge in [0.25, 0.3) is 5.56 Å². The van der Waals surface area contributed by atoms with Gasteiger partial charge >= 0.3 is 0 Å². The summed E-state index contributed by atoms with van der Waals surface area (Å²) in [7, 11) is 3.95. The molecule has 1 unspecified atom stereocenters. The van der Waals surface area contributed by atoms with E-state index in [0.717, 1.165) is 18.8 Å². The Labute approximate surface area is 129 Å². The van der Waals surface area contributed by atoms with Crippen LogP contribution in [-0.2, 0) is 6.54 Å². The number of hydrogen-bond donors (Lipinski definition) is 1. The number of nitrogens with one attached hydrogen (secondary N) is 1. The van der Waals surface area contributed by atoms with Gasteiger partial charge in [-0.25, -0.2) is 4.68 Å². The molecule has 0 aliphatic heterocycles. The molecule has 1 rings (SSSR count). The third kappa shape index (κ3) is 4.90. The van der Waals surface area contributed by atoms with Crippen molar-refractivity contribution in [1.29, 1.82) is 0 Å². The first-order valence-electron chi connectivity index (χ1n) is 6.97. The van der Waals surface area contributed by atoms with Gasteiger partial charge in [0.1, 0.15) is 4.47 Å². The molecule has 0 aromatic carbocycles. The van der Waals surface area contributed by atoms with Crippen molar-refractivity contribution in [2.75, 3.05) is 32.5 Å². The van der Waals surface area contributed by atoms with E-state index < -0.39 is 0 Å². The van der Waals surface area contributed by atoms with Crippen LogP contribution < -0.4 is 10.9 Å². The topological polar surface area (TPSA) is 50.2 Å². The second kappa shape index (κ2) is 7.78. The standard InChI is InChI=1S/C14H25BrN4O/c1-10(2)11(3)8-16-12-9-17-19(7-6-18(4)5)14(20)13(12)15/h9-11,16H,6-8H2,1-5H3. The van der Waals surface area contributed by atoms with Crippen LogP contribution in [0.4, 0.5) is 5.69 Å². The summed E-state index contributed by atoms with van der Waals surface area (Å²) >= 11 is 3.38. The highest BCUT2D eigenvalue weighted by atomic mass is 79.9. The normalized spacial score (nSPS) is 13.0. The van der Waals surface area contributed by atoms with Crippen LogP contribution in [0.3, 0.4) is 0 Å². The predicted molar refractivity (Wildman–Crippen MR) is 87.2 cm³/mol. The third-order valence-corrected chi connectivity index (χ3v) is 4.26. The average Bonchev–Trinajstić information content (AvgIpc) is 2.38. The lowest BCUT2D eigenvalue weighted by Crippen LogP contribution is -2.29. The molecule has 1 heterocycles. The molecule has 0 fully saturated rings. The van der Waals surface area contributed by atoms with Crippen LogP contribution in [0.1, 0.15) is 20.8 Å². The Hall–Kier alpha value is -0.880. The van der Waals surface area contributed by atoms with E-state index >= 15 is 0 Å². The fourth-order valence-electron chi connectivity index (χ4n) is 1.55. The Morgan fingerprint density at radius 3 is 2.60 bits per heavy atom. The Bertz CT molecular complexity index is 485. The second-order valence-corrected chi connectivity index (χ2v) is 6.60. The SMILES string of the molecule is CC(C)C(C)CNc1cnn(CCN(C)C)c(=O)c1Br. The van der Waals surface area contributed by atoms with Gasteiger partial charge in [-0.1, -0.05) is 20.8 Å². The third-order valence-electron chi connectivity index (χ3n) is 3.50. The van der Waals surface area contributed by atoms with Gasteiger partial charge in [-0.15, -0.1) is 0 Å². The maximum atomic E-state index is 12.2. The van der Waals surface area contributed by atoms with Crippen molar-refractivity contribution in [3.8, 4) is 0 Å². The zero-order chi connectivity index (χ0) is 15.3. The number of likely N-dealkylation sites (N-methyl/N-ethyl adjacent to an activating group) is 1. The van der Waals surface area contributed by atoms with Crippen molar-refractivity contribution >= 4 is 21.6 Å². The monoisotopic (exact) mass is 344 g/mol. The minimum atomic E-state index is -0.0888. The van der Waals surface area contributed by atoms with Gasteiger partial charge in [0.2, 0.25) is 0 Å². The highest BCUT2D eigenvalue weighted by Crippen LogP contribution is 2.18. The summed E-state index contributed by atoms with van der Waals surface area (Å²) in [4.78, 5) is 14.2. The van der Waals surface area contributed by atoms with E-state index in [1.807, 2.05) is 19.0 Å². The van der Waals surface area contributed by atoms with Crippen LogP contribution >= 0.6 is 15.9 Å². The number of halogens is 1. The first-order chi connectivity index (χ1) is 9.32. The second-order valence-electron chi connectivity index (χ2n) is 5.81.